The summed E-state index contributed by atoms with van der Waals surface area (Å²) >= 11 is 1.78. The maximum absolute atomic E-state index is 11.9. The van der Waals surface area contributed by atoms with Gasteiger partial charge in [0.2, 0.25) is 5.91 Å². The van der Waals surface area contributed by atoms with Crippen LogP contribution >= 0.6 is 11.3 Å². The second kappa shape index (κ2) is 5.29. The first-order valence-electron chi connectivity index (χ1n) is 6.68. The number of methoxy groups -OCH3 is 1. The molecule has 0 unspecified atom stereocenters. The molecule has 104 valence electrons. The summed E-state index contributed by atoms with van der Waals surface area (Å²) in [4.78, 5) is 15.3. The second-order valence-corrected chi connectivity index (χ2v) is 5.94. The lowest BCUT2D eigenvalue weighted by Crippen LogP contribution is -2.38. The predicted molar refractivity (Wildman–Crippen MR) is 80.2 cm³/mol. The molecule has 0 saturated heterocycles. The van der Waals surface area contributed by atoms with Crippen LogP contribution in [0.4, 0.5) is 0 Å². The smallest absolute Gasteiger partial charge is 0.220 e. The fourth-order valence-electron chi connectivity index (χ4n) is 2.80. The summed E-state index contributed by atoms with van der Waals surface area (Å²) < 4.78 is 5.21. The third kappa shape index (κ3) is 2.20. The first-order chi connectivity index (χ1) is 9.70. The Morgan fingerprint density at radius 1 is 1.30 bits per heavy atom. The Morgan fingerprint density at radius 3 is 2.70 bits per heavy atom. The number of carbonyl (C=O) groups is 1. The Bertz CT molecular complexity index is 618. The monoisotopic (exact) mass is 287 g/mol. The Hall–Kier alpha value is -1.81. The lowest BCUT2D eigenvalue weighted by molar-refractivity contribution is -0.130. The number of ether oxygens (including phenoxy) is 1. The number of fused-ring (bicyclic) bond motifs is 1. The highest BCUT2D eigenvalue weighted by molar-refractivity contribution is 7.10. The van der Waals surface area contributed by atoms with Gasteiger partial charge in [-0.05, 0) is 41.1 Å². The zero-order chi connectivity index (χ0) is 14.1. The zero-order valence-corrected chi connectivity index (χ0v) is 12.4. The summed E-state index contributed by atoms with van der Waals surface area (Å²) in [5.74, 6) is 0.965. The molecule has 1 aliphatic heterocycles. The lowest BCUT2D eigenvalue weighted by Gasteiger charge is -2.35. The van der Waals surface area contributed by atoms with E-state index in [4.69, 9.17) is 4.74 Å². The fourth-order valence-corrected chi connectivity index (χ4v) is 3.71. The fraction of sp³-hybridized carbons (Fsp3) is 0.312. The third-order valence-corrected chi connectivity index (χ3v) is 4.80. The molecule has 0 N–H and O–H groups in total. The molecule has 0 saturated carbocycles. The molecule has 2 heterocycles. The van der Waals surface area contributed by atoms with Gasteiger partial charge in [0, 0.05) is 18.3 Å². The summed E-state index contributed by atoms with van der Waals surface area (Å²) in [6.07, 6.45) is 0.958. The summed E-state index contributed by atoms with van der Waals surface area (Å²) in [5, 5.41) is 2.12. The summed E-state index contributed by atoms with van der Waals surface area (Å²) in [5.41, 5.74) is 2.40. The van der Waals surface area contributed by atoms with Crippen molar-refractivity contribution in [2.45, 2.75) is 19.4 Å². The zero-order valence-electron chi connectivity index (χ0n) is 11.6. The molecule has 0 spiro atoms. The molecule has 0 fully saturated rings. The number of thiophene rings is 1. The Labute approximate surface area is 122 Å². The molecule has 3 nitrogen and oxygen atoms in total. The van der Waals surface area contributed by atoms with Gasteiger partial charge in [-0.15, -0.1) is 11.3 Å². The topological polar surface area (TPSA) is 29.5 Å². The van der Waals surface area contributed by atoms with Crippen molar-refractivity contribution in [2.75, 3.05) is 13.7 Å². The van der Waals surface area contributed by atoms with Crippen LogP contribution in [-0.2, 0) is 11.2 Å². The SMILES string of the molecule is COc1ccc([C@H]2c3ccsc3CCN2C(C)=O)cc1. The van der Waals surface area contributed by atoms with Crippen molar-refractivity contribution in [3.63, 3.8) is 0 Å². The van der Waals surface area contributed by atoms with Crippen LogP contribution in [0.15, 0.2) is 35.7 Å². The Kier molecular flexibility index (Phi) is 3.49. The van der Waals surface area contributed by atoms with Gasteiger partial charge in [-0.3, -0.25) is 4.79 Å². The maximum Gasteiger partial charge on any atom is 0.220 e. The highest BCUT2D eigenvalue weighted by Gasteiger charge is 2.30. The van der Waals surface area contributed by atoms with E-state index in [1.165, 1.54) is 10.4 Å². The van der Waals surface area contributed by atoms with E-state index in [0.29, 0.717) is 0 Å². The minimum atomic E-state index is 0.0356. The minimum absolute atomic E-state index is 0.0356. The van der Waals surface area contributed by atoms with Crippen LogP contribution in [0.5, 0.6) is 5.75 Å². The maximum atomic E-state index is 11.9. The largest absolute Gasteiger partial charge is 0.497 e. The number of rotatable bonds is 2. The van der Waals surface area contributed by atoms with Crippen molar-refractivity contribution in [3.8, 4) is 5.75 Å². The normalized spacial score (nSPS) is 17.7. The molecule has 0 aliphatic carbocycles. The number of amides is 1. The van der Waals surface area contributed by atoms with Crippen LogP contribution in [0.25, 0.3) is 0 Å². The van der Waals surface area contributed by atoms with Crippen molar-refractivity contribution < 1.29 is 9.53 Å². The molecular formula is C16H17NO2S. The molecular weight excluding hydrogens is 270 g/mol. The van der Waals surface area contributed by atoms with Crippen LogP contribution in [0.3, 0.4) is 0 Å². The van der Waals surface area contributed by atoms with E-state index < -0.39 is 0 Å². The minimum Gasteiger partial charge on any atom is -0.497 e. The van der Waals surface area contributed by atoms with Gasteiger partial charge in [-0.25, -0.2) is 0 Å². The average Bonchev–Trinajstić information content (AvgIpc) is 2.94. The number of carbonyl (C=O) groups excluding carboxylic acids is 1. The van der Waals surface area contributed by atoms with Crippen molar-refractivity contribution in [3.05, 3.63) is 51.7 Å². The molecule has 3 rings (SSSR count). The van der Waals surface area contributed by atoms with Crippen LogP contribution in [0, 0.1) is 0 Å². The van der Waals surface area contributed by atoms with E-state index in [9.17, 15) is 4.79 Å². The number of hydrogen-bond acceptors (Lipinski definition) is 3. The third-order valence-electron chi connectivity index (χ3n) is 3.80. The Morgan fingerprint density at radius 2 is 2.05 bits per heavy atom. The van der Waals surface area contributed by atoms with E-state index in [1.807, 2.05) is 29.2 Å². The van der Waals surface area contributed by atoms with E-state index in [2.05, 4.69) is 11.4 Å². The molecule has 1 aliphatic rings. The van der Waals surface area contributed by atoms with Crippen molar-refractivity contribution in [2.24, 2.45) is 0 Å². The van der Waals surface area contributed by atoms with Gasteiger partial charge in [-0.1, -0.05) is 12.1 Å². The molecule has 0 radical (unpaired) electrons. The van der Waals surface area contributed by atoms with Gasteiger partial charge in [-0.2, -0.15) is 0 Å². The molecule has 20 heavy (non-hydrogen) atoms. The van der Waals surface area contributed by atoms with Crippen molar-refractivity contribution in [1.82, 2.24) is 4.90 Å². The number of hydrogen-bond donors (Lipinski definition) is 0. The molecule has 0 bridgehead atoms. The molecule has 4 heteroatoms. The summed E-state index contributed by atoms with van der Waals surface area (Å²) in [6, 6.07) is 10.2. The summed E-state index contributed by atoms with van der Waals surface area (Å²) in [6.45, 7) is 2.44. The molecule has 2 aromatic rings. The van der Waals surface area contributed by atoms with E-state index in [1.54, 1.807) is 25.4 Å². The first kappa shape index (κ1) is 13.2. The van der Waals surface area contributed by atoms with Gasteiger partial charge in [0.05, 0.1) is 13.2 Å². The van der Waals surface area contributed by atoms with E-state index in [-0.39, 0.29) is 11.9 Å². The van der Waals surface area contributed by atoms with E-state index in [0.717, 1.165) is 24.3 Å². The lowest BCUT2D eigenvalue weighted by atomic mass is 9.93. The van der Waals surface area contributed by atoms with Crippen molar-refractivity contribution in [1.29, 1.82) is 0 Å². The number of benzene rings is 1. The van der Waals surface area contributed by atoms with E-state index >= 15 is 0 Å². The van der Waals surface area contributed by atoms with Crippen LogP contribution < -0.4 is 4.74 Å². The highest BCUT2D eigenvalue weighted by atomic mass is 32.1. The summed E-state index contributed by atoms with van der Waals surface area (Å²) in [7, 11) is 1.66. The molecule has 1 amide bonds. The van der Waals surface area contributed by atoms with Gasteiger partial charge < -0.3 is 9.64 Å². The van der Waals surface area contributed by atoms with Crippen LogP contribution in [0.1, 0.15) is 29.0 Å². The molecule has 1 atom stereocenters. The Balaban J connectivity index is 2.04. The van der Waals surface area contributed by atoms with Crippen molar-refractivity contribution >= 4 is 17.2 Å². The molecule has 1 aromatic heterocycles. The predicted octanol–water partition coefficient (Wildman–Crippen LogP) is 3.25. The van der Waals surface area contributed by atoms with Gasteiger partial charge in [0.1, 0.15) is 5.75 Å². The quantitative estimate of drug-likeness (QED) is 0.848. The molecule has 1 aromatic carbocycles. The highest BCUT2D eigenvalue weighted by Crippen LogP contribution is 2.38. The van der Waals surface area contributed by atoms with Gasteiger partial charge in [0.15, 0.2) is 0 Å². The van der Waals surface area contributed by atoms with Crippen LogP contribution in [0.2, 0.25) is 0 Å². The van der Waals surface area contributed by atoms with Gasteiger partial charge >= 0.3 is 0 Å². The van der Waals surface area contributed by atoms with Crippen LogP contribution in [-0.4, -0.2) is 24.5 Å². The standard InChI is InChI=1S/C16H17NO2S/c1-11(18)17-9-7-15-14(8-10-20-15)16(17)12-3-5-13(19-2)6-4-12/h3-6,8,10,16H,7,9H2,1-2H3/t16-/m0/s1. The van der Waals surface area contributed by atoms with Gasteiger partial charge in [0.25, 0.3) is 0 Å². The first-order valence-corrected chi connectivity index (χ1v) is 7.56. The average molecular weight is 287 g/mol. The second-order valence-electron chi connectivity index (χ2n) is 4.94. The number of nitrogens with zero attached hydrogens (tertiary/aromatic N) is 1.